The average Bonchev–Trinajstić information content (AvgIpc) is 1.84. The maximum atomic E-state index is 9.07. The number of ether oxygens (including phenoxy) is 1. The Hall–Kier alpha value is -0.160. The van der Waals surface area contributed by atoms with Crippen molar-refractivity contribution in [1.82, 2.24) is 0 Å². The second kappa shape index (κ2) is 2.84. The molecule has 10 heavy (non-hydrogen) atoms. The Morgan fingerprint density at radius 1 is 1.20 bits per heavy atom. The Labute approximate surface area is 59.1 Å². The first kappa shape index (κ1) is 7.94. The van der Waals surface area contributed by atoms with E-state index in [-0.39, 0.29) is 6.42 Å². The molecule has 0 aliphatic carbocycles. The van der Waals surface area contributed by atoms with Gasteiger partial charge >= 0.3 is 0 Å². The smallest absolute Gasteiger partial charge is 0.181 e. The summed E-state index contributed by atoms with van der Waals surface area (Å²) in [5.74, 6) is 0. The van der Waals surface area contributed by atoms with Crippen LogP contribution in [-0.4, -0.2) is 39.9 Å². The highest BCUT2D eigenvalue weighted by Gasteiger charge is 2.32. The van der Waals surface area contributed by atoms with Crippen molar-refractivity contribution in [2.24, 2.45) is 0 Å². The van der Waals surface area contributed by atoms with Gasteiger partial charge in [-0.2, -0.15) is 0 Å². The summed E-state index contributed by atoms with van der Waals surface area (Å²) in [6, 6.07) is 0. The van der Waals surface area contributed by atoms with Crippen molar-refractivity contribution in [2.45, 2.75) is 37.9 Å². The van der Waals surface area contributed by atoms with Crippen LogP contribution < -0.4 is 0 Å². The van der Waals surface area contributed by atoms with E-state index in [1.165, 1.54) is 0 Å². The molecule has 1 fully saturated rings. The molecule has 0 bridgehead atoms. The first-order valence-electron chi connectivity index (χ1n) is 3.31. The molecule has 0 aromatic heterocycles. The third-order valence-corrected chi connectivity index (χ3v) is 1.71. The van der Waals surface area contributed by atoms with Crippen LogP contribution in [0.1, 0.15) is 13.3 Å². The predicted molar refractivity (Wildman–Crippen MR) is 33.2 cm³/mol. The van der Waals surface area contributed by atoms with Crippen LogP contribution in [-0.2, 0) is 4.74 Å². The fourth-order valence-corrected chi connectivity index (χ4v) is 0.957. The van der Waals surface area contributed by atoms with E-state index >= 15 is 0 Å². The Morgan fingerprint density at radius 3 is 2.30 bits per heavy atom. The Kier molecular flexibility index (Phi) is 2.25. The molecule has 0 radical (unpaired) electrons. The molecule has 3 N–H and O–H groups in total. The first-order valence-corrected chi connectivity index (χ1v) is 3.31. The molecule has 0 spiro atoms. The SMILES string of the molecule is C[C@@H]1O[C@@H](O)[C@@H](O)C[C@@H]1O. The number of hydrogen-bond acceptors (Lipinski definition) is 4. The quantitative estimate of drug-likeness (QED) is 0.405. The highest BCUT2D eigenvalue weighted by molar-refractivity contribution is 4.76. The van der Waals surface area contributed by atoms with Gasteiger partial charge in [-0.25, -0.2) is 0 Å². The van der Waals surface area contributed by atoms with Gasteiger partial charge < -0.3 is 20.1 Å². The molecule has 0 unspecified atom stereocenters. The normalized spacial score (nSPS) is 49.2. The predicted octanol–water partition coefficient (Wildman–Crippen LogP) is -1.16. The molecule has 1 aliphatic heterocycles. The monoisotopic (exact) mass is 148 g/mol. The summed E-state index contributed by atoms with van der Waals surface area (Å²) in [6.45, 7) is 1.65. The molecule has 1 heterocycles. The Balaban J connectivity index is 2.46. The lowest BCUT2D eigenvalue weighted by molar-refractivity contribution is -0.240. The summed E-state index contributed by atoms with van der Waals surface area (Å²) >= 11 is 0. The van der Waals surface area contributed by atoms with E-state index in [4.69, 9.17) is 20.1 Å². The first-order chi connectivity index (χ1) is 4.61. The van der Waals surface area contributed by atoms with Crippen molar-refractivity contribution in [1.29, 1.82) is 0 Å². The van der Waals surface area contributed by atoms with Crippen LogP contribution in [0.15, 0.2) is 0 Å². The largest absolute Gasteiger partial charge is 0.390 e. The topological polar surface area (TPSA) is 69.9 Å². The standard InChI is InChI=1S/C6H12O4/c1-3-4(7)2-5(8)6(9)10-3/h3-9H,2H2,1H3/t3-,4-,5-,6+/m0/s1. The molecular formula is C6H12O4. The second-order valence-corrected chi connectivity index (χ2v) is 2.60. The van der Waals surface area contributed by atoms with Gasteiger partial charge in [0.1, 0.15) is 6.10 Å². The van der Waals surface area contributed by atoms with Crippen LogP contribution in [0.3, 0.4) is 0 Å². The summed E-state index contributed by atoms with van der Waals surface area (Å²) in [5, 5.41) is 26.9. The van der Waals surface area contributed by atoms with Crippen molar-refractivity contribution in [2.75, 3.05) is 0 Å². The fourth-order valence-electron chi connectivity index (χ4n) is 0.957. The molecular weight excluding hydrogens is 136 g/mol. The maximum absolute atomic E-state index is 9.07. The molecule has 0 aromatic rings. The molecule has 0 amide bonds. The molecule has 4 atom stereocenters. The number of rotatable bonds is 0. The van der Waals surface area contributed by atoms with Crippen LogP contribution in [0.2, 0.25) is 0 Å². The van der Waals surface area contributed by atoms with Gasteiger partial charge in [-0.3, -0.25) is 0 Å². The summed E-state index contributed by atoms with van der Waals surface area (Å²) < 4.78 is 4.77. The zero-order valence-corrected chi connectivity index (χ0v) is 5.77. The minimum atomic E-state index is -1.14. The van der Waals surface area contributed by atoms with E-state index in [1.54, 1.807) is 6.92 Å². The van der Waals surface area contributed by atoms with Gasteiger partial charge in [0.2, 0.25) is 0 Å². The summed E-state index contributed by atoms with van der Waals surface area (Å²) in [6.07, 6.45) is -2.97. The maximum Gasteiger partial charge on any atom is 0.181 e. The van der Waals surface area contributed by atoms with Gasteiger partial charge in [-0.15, -0.1) is 0 Å². The Bertz CT molecular complexity index is 90.3. The van der Waals surface area contributed by atoms with Crippen molar-refractivity contribution in [3.63, 3.8) is 0 Å². The minimum Gasteiger partial charge on any atom is -0.390 e. The van der Waals surface area contributed by atoms with Crippen LogP contribution in [0.5, 0.6) is 0 Å². The summed E-state index contributed by atoms with van der Waals surface area (Å²) in [5.41, 5.74) is 0. The van der Waals surface area contributed by atoms with E-state index < -0.39 is 24.6 Å². The lowest BCUT2D eigenvalue weighted by atomic mass is 10.0. The molecule has 60 valence electrons. The van der Waals surface area contributed by atoms with E-state index in [2.05, 4.69) is 0 Å². The van der Waals surface area contributed by atoms with E-state index in [9.17, 15) is 0 Å². The number of aliphatic hydroxyl groups is 3. The number of hydrogen-bond donors (Lipinski definition) is 3. The lowest BCUT2D eigenvalue weighted by Crippen LogP contribution is -2.45. The van der Waals surface area contributed by atoms with Crippen molar-refractivity contribution in [3.05, 3.63) is 0 Å². The molecule has 0 saturated carbocycles. The zero-order chi connectivity index (χ0) is 7.72. The van der Waals surface area contributed by atoms with E-state index in [1.807, 2.05) is 0 Å². The lowest BCUT2D eigenvalue weighted by Gasteiger charge is -2.32. The van der Waals surface area contributed by atoms with E-state index in [0.29, 0.717) is 0 Å². The highest BCUT2D eigenvalue weighted by Crippen LogP contribution is 2.17. The molecule has 0 aromatic carbocycles. The van der Waals surface area contributed by atoms with Gasteiger partial charge in [0, 0.05) is 6.42 Å². The third kappa shape index (κ3) is 1.46. The van der Waals surface area contributed by atoms with Crippen LogP contribution >= 0.6 is 0 Å². The van der Waals surface area contributed by atoms with Gasteiger partial charge in [0.05, 0.1) is 12.2 Å². The highest BCUT2D eigenvalue weighted by atomic mass is 16.6. The van der Waals surface area contributed by atoms with E-state index in [0.717, 1.165) is 0 Å². The van der Waals surface area contributed by atoms with Crippen LogP contribution in [0.4, 0.5) is 0 Å². The van der Waals surface area contributed by atoms with Crippen molar-refractivity contribution < 1.29 is 20.1 Å². The summed E-state index contributed by atoms with van der Waals surface area (Å²) in [4.78, 5) is 0. The van der Waals surface area contributed by atoms with Crippen molar-refractivity contribution >= 4 is 0 Å². The van der Waals surface area contributed by atoms with Crippen molar-refractivity contribution in [3.8, 4) is 0 Å². The fraction of sp³-hybridized carbons (Fsp3) is 1.00. The molecule has 1 aliphatic rings. The number of aliphatic hydroxyl groups excluding tert-OH is 3. The van der Waals surface area contributed by atoms with Gasteiger partial charge in [-0.1, -0.05) is 0 Å². The Morgan fingerprint density at radius 2 is 1.80 bits per heavy atom. The second-order valence-electron chi connectivity index (χ2n) is 2.60. The van der Waals surface area contributed by atoms with Gasteiger partial charge in [-0.05, 0) is 6.92 Å². The molecule has 1 rings (SSSR count). The third-order valence-electron chi connectivity index (χ3n) is 1.71. The molecule has 4 nitrogen and oxygen atoms in total. The van der Waals surface area contributed by atoms with Gasteiger partial charge in [0.25, 0.3) is 0 Å². The summed E-state index contributed by atoms with van der Waals surface area (Å²) in [7, 11) is 0. The minimum absolute atomic E-state index is 0.183. The average molecular weight is 148 g/mol. The van der Waals surface area contributed by atoms with Crippen LogP contribution in [0, 0.1) is 0 Å². The molecule has 1 saturated heterocycles. The molecule has 4 heteroatoms. The van der Waals surface area contributed by atoms with Crippen LogP contribution in [0.25, 0.3) is 0 Å². The van der Waals surface area contributed by atoms with Gasteiger partial charge in [0.15, 0.2) is 6.29 Å². The zero-order valence-electron chi connectivity index (χ0n) is 5.77.